The third kappa shape index (κ3) is 4.64. The highest BCUT2D eigenvalue weighted by Crippen LogP contribution is 2.34. The molecular formula is C26H26FN5O2. The number of aromatic nitrogens is 2. The number of para-hydroxylation sites is 1. The minimum absolute atomic E-state index is 0.0581. The zero-order valence-electron chi connectivity index (χ0n) is 18.8. The van der Waals surface area contributed by atoms with Gasteiger partial charge in [0, 0.05) is 23.2 Å². The molecule has 174 valence electrons. The van der Waals surface area contributed by atoms with Gasteiger partial charge >= 0.3 is 0 Å². The Morgan fingerprint density at radius 3 is 2.74 bits per heavy atom. The number of piperidine rings is 1. The number of halogens is 1. The molecule has 1 saturated heterocycles. The van der Waals surface area contributed by atoms with Gasteiger partial charge in [0.15, 0.2) is 0 Å². The predicted octanol–water partition coefficient (Wildman–Crippen LogP) is 4.94. The fourth-order valence-corrected chi connectivity index (χ4v) is 4.36. The maximum Gasteiger partial charge on any atom is 0.274 e. The third-order valence-corrected chi connectivity index (χ3v) is 6.25. The van der Waals surface area contributed by atoms with Crippen LogP contribution in [0.5, 0.6) is 0 Å². The van der Waals surface area contributed by atoms with Gasteiger partial charge in [-0.05, 0) is 62.4 Å². The molecule has 34 heavy (non-hydrogen) atoms. The van der Waals surface area contributed by atoms with E-state index in [2.05, 4.69) is 32.9 Å². The molecule has 0 aliphatic carbocycles. The lowest BCUT2D eigenvalue weighted by Crippen LogP contribution is -2.40. The summed E-state index contributed by atoms with van der Waals surface area (Å²) in [4.78, 5) is 20.4. The molecular weight excluding hydrogens is 433 g/mol. The van der Waals surface area contributed by atoms with Crippen molar-refractivity contribution >= 4 is 28.2 Å². The second-order valence-electron chi connectivity index (χ2n) is 8.53. The van der Waals surface area contributed by atoms with Gasteiger partial charge in [-0.25, -0.2) is 9.87 Å². The van der Waals surface area contributed by atoms with E-state index in [4.69, 9.17) is 4.84 Å². The van der Waals surface area contributed by atoms with Crippen LogP contribution in [0, 0.1) is 5.82 Å². The summed E-state index contributed by atoms with van der Waals surface area (Å²) in [5, 5.41) is 11.8. The lowest BCUT2D eigenvalue weighted by atomic mass is 9.95. The Bertz CT molecular complexity index is 1290. The van der Waals surface area contributed by atoms with Crippen LogP contribution in [0.4, 0.5) is 15.8 Å². The van der Waals surface area contributed by atoms with Crippen molar-refractivity contribution in [2.45, 2.75) is 25.0 Å². The van der Waals surface area contributed by atoms with Crippen molar-refractivity contribution in [3.8, 4) is 0 Å². The molecule has 4 aromatic rings. The van der Waals surface area contributed by atoms with Crippen LogP contribution < -0.4 is 10.8 Å². The average Bonchev–Trinajstić information content (AvgIpc) is 3.28. The number of likely N-dealkylation sites (tertiary alicyclic amines) is 1. The SMILES string of the molecule is CN1CCC(ONC(=O)c2ccccc2)CC1c1[nH]nc2cc(Nc3ccccc3F)ccc12. The van der Waals surface area contributed by atoms with E-state index in [0.717, 1.165) is 35.2 Å². The number of hydrogen-bond donors (Lipinski definition) is 3. The van der Waals surface area contributed by atoms with Crippen molar-refractivity contribution < 1.29 is 14.0 Å². The van der Waals surface area contributed by atoms with Crippen molar-refractivity contribution in [2.75, 3.05) is 18.9 Å². The molecule has 0 radical (unpaired) electrons. The van der Waals surface area contributed by atoms with E-state index in [1.807, 2.05) is 36.4 Å². The maximum atomic E-state index is 14.0. The van der Waals surface area contributed by atoms with Crippen LogP contribution in [0.1, 0.15) is 34.9 Å². The summed E-state index contributed by atoms with van der Waals surface area (Å²) in [6, 6.07) is 21.5. The predicted molar refractivity (Wildman–Crippen MR) is 129 cm³/mol. The number of benzene rings is 3. The zero-order valence-corrected chi connectivity index (χ0v) is 18.8. The number of carbonyl (C=O) groups excluding carboxylic acids is 1. The summed E-state index contributed by atoms with van der Waals surface area (Å²) in [7, 11) is 2.07. The highest BCUT2D eigenvalue weighted by Gasteiger charge is 2.31. The van der Waals surface area contributed by atoms with Crippen molar-refractivity contribution in [3.63, 3.8) is 0 Å². The largest absolute Gasteiger partial charge is 0.353 e. The number of fused-ring (bicyclic) bond motifs is 1. The molecule has 1 aromatic heterocycles. The van der Waals surface area contributed by atoms with E-state index in [1.54, 1.807) is 30.3 Å². The first-order valence-electron chi connectivity index (χ1n) is 11.3. The van der Waals surface area contributed by atoms with Crippen LogP contribution in [0.2, 0.25) is 0 Å². The second-order valence-corrected chi connectivity index (χ2v) is 8.53. The van der Waals surface area contributed by atoms with Crippen molar-refractivity contribution in [1.29, 1.82) is 0 Å². The van der Waals surface area contributed by atoms with E-state index >= 15 is 0 Å². The summed E-state index contributed by atoms with van der Waals surface area (Å²) in [6.45, 7) is 0.823. The second kappa shape index (κ2) is 9.62. The number of nitrogens with zero attached hydrogens (tertiary/aromatic N) is 2. The molecule has 3 N–H and O–H groups in total. The van der Waals surface area contributed by atoms with Crippen molar-refractivity contribution in [2.24, 2.45) is 0 Å². The van der Waals surface area contributed by atoms with Crippen molar-refractivity contribution in [3.05, 3.63) is 89.9 Å². The first-order valence-corrected chi connectivity index (χ1v) is 11.3. The molecule has 0 saturated carbocycles. The van der Waals surface area contributed by atoms with Crippen LogP contribution in [0.15, 0.2) is 72.8 Å². The summed E-state index contributed by atoms with van der Waals surface area (Å²) < 4.78 is 14.0. The molecule has 1 fully saturated rings. The van der Waals surface area contributed by atoms with Gasteiger partial charge in [0.2, 0.25) is 0 Å². The van der Waals surface area contributed by atoms with E-state index < -0.39 is 0 Å². The first-order chi connectivity index (χ1) is 16.6. The fraction of sp³-hybridized carbons (Fsp3) is 0.231. The number of H-pyrrole nitrogens is 1. The van der Waals surface area contributed by atoms with Crippen molar-refractivity contribution in [1.82, 2.24) is 20.6 Å². The van der Waals surface area contributed by atoms with Crippen LogP contribution in [0.3, 0.4) is 0 Å². The molecule has 0 spiro atoms. The number of hydrogen-bond acceptors (Lipinski definition) is 5. The van der Waals surface area contributed by atoms with E-state index in [-0.39, 0.29) is 23.9 Å². The molecule has 0 bridgehead atoms. The number of aromatic amines is 1. The quantitative estimate of drug-likeness (QED) is 0.356. The van der Waals surface area contributed by atoms with Gasteiger partial charge in [0.25, 0.3) is 5.91 Å². The number of hydroxylamine groups is 1. The van der Waals surface area contributed by atoms with E-state index in [1.165, 1.54) is 6.07 Å². The molecule has 5 rings (SSSR count). The molecule has 1 amide bonds. The normalized spacial score (nSPS) is 18.6. The molecule has 2 heterocycles. The summed E-state index contributed by atoms with van der Waals surface area (Å²) in [6.07, 6.45) is 1.40. The van der Waals surface area contributed by atoms with Gasteiger partial charge < -0.3 is 5.32 Å². The fourth-order valence-electron chi connectivity index (χ4n) is 4.36. The highest BCUT2D eigenvalue weighted by molar-refractivity contribution is 5.93. The minimum atomic E-state index is -0.306. The number of rotatable bonds is 6. The first kappa shape index (κ1) is 22.1. The Morgan fingerprint density at radius 2 is 1.91 bits per heavy atom. The van der Waals surface area contributed by atoms with Gasteiger partial charge in [-0.2, -0.15) is 5.10 Å². The average molecular weight is 460 g/mol. The van der Waals surface area contributed by atoms with Gasteiger partial charge in [-0.1, -0.05) is 30.3 Å². The van der Waals surface area contributed by atoms with Gasteiger partial charge in [0.05, 0.1) is 29.0 Å². The van der Waals surface area contributed by atoms with Gasteiger partial charge in [0.1, 0.15) is 5.82 Å². The Morgan fingerprint density at radius 1 is 1.12 bits per heavy atom. The summed E-state index contributed by atoms with van der Waals surface area (Å²) in [5.41, 5.74) is 6.14. The lowest BCUT2D eigenvalue weighted by Gasteiger charge is -2.36. The number of anilines is 2. The van der Waals surface area contributed by atoms with E-state index in [0.29, 0.717) is 17.7 Å². The van der Waals surface area contributed by atoms with Gasteiger partial charge in [-0.15, -0.1) is 0 Å². The molecule has 1 aliphatic heterocycles. The Labute approximate surface area is 196 Å². The van der Waals surface area contributed by atoms with Gasteiger partial charge in [-0.3, -0.25) is 19.6 Å². The Hall–Kier alpha value is -3.75. The van der Waals surface area contributed by atoms with Crippen LogP contribution >= 0.6 is 0 Å². The Balaban J connectivity index is 1.29. The maximum absolute atomic E-state index is 14.0. The Kier molecular flexibility index (Phi) is 6.24. The molecule has 8 heteroatoms. The lowest BCUT2D eigenvalue weighted by molar-refractivity contribution is -0.0540. The summed E-state index contributed by atoms with van der Waals surface area (Å²) in [5.74, 6) is -0.558. The van der Waals surface area contributed by atoms with Crippen LogP contribution in [0.25, 0.3) is 10.9 Å². The summed E-state index contributed by atoms with van der Waals surface area (Å²) >= 11 is 0. The molecule has 3 aromatic carbocycles. The van der Waals surface area contributed by atoms with E-state index in [9.17, 15) is 9.18 Å². The molecule has 7 nitrogen and oxygen atoms in total. The zero-order chi connectivity index (χ0) is 23.5. The minimum Gasteiger partial charge on any atom is -0.353 e. The number of carbonyl (C=O) groups is 1. The number of amides is 1. The van der Waals surface area contributed by atoms with Crippen LogP contribution in [-0.4, -0.2) is 40.7 Å². The standard InChI is InChI=1S/C26H26FN5O2/c1-32-14-13-19(34-31-26(33)17-7-3-2-4-8-17)16-24(32)25-20-12-11-18(15-23(20)29-30-25)28-22-10-6-5-9-21(22)27/h2-12,15,19,24,28H,13-14,16H2,1H3,(H,29,30)(H,31,33). The molecule has 1 aliphatic rings. The monoisotopic (exact) mass is 459 g/mol. The molecule has 2 unspecified atom stereocenters. The van der Waals surface area contributed by atoms with Crippen LogP contribution in [-0.2, 0) is 4.84 Å². The molecule has 2 atom stereocenters. The smallest absolute Gasteiger partial charge is 0.274 e. The highest BCUT2D eigenvalue weighted by atomic mass is 19.1. The topological polar surface area (TPSA) is 82.3 Å². The number of nitrogens with one attached hydrogen (secondary N) is 3. The third-order valence-electron chi connectivity index (χ3n) is 6.25.